The van der Waals surface area contributed by atoms with Crippen LogP contribution in [0.25, 0.3) is 6.08 Å². The van der Waals surface area contributed by atoms with Crippen molar-refractivity contribution in [3.63, 3.8) is 0 Å². The zero-order valence-electron chi connectivity index (χ0n) is 15.0. The molecule has 0 spiro atoms. The van der Waals surface area contributed by atoms with E-state index in [1.54, 1.807) is 12.1 Å². The van der Waals surface area contributed by atoms with E-state index in [0.29, 0.717) is 29.4 Å². The summed E-state index contributed by atoms with van der Waals surface area (Å²) in [4.78, 5) is 12.3. The minimum atomic E-state index is -0.401. The number of carbonyl (C=O) groups excluding carboxylic acids is 1. The fourth-order valence-corrected chi connectivity index (χ4v) is 2.78. The molecule has 0 fully saturated rings. The molecule has 0 aliphatic carbocycles. The van der Waals surface area contributed by atoms with Gasteiger partial charge in [0, 0.05) is 6.54 Å². The predicted molar refractivity (Wildman–Crippen MR) is 100 cm³/mol. The number of nitriles is 1. The maximum atomic E-state index is 12.3. The summed E-state index contributed by atoms with van der Waals surface area (Å²) in [5.74, 6) is 1.15. The van der Waals surface area contributed by atoms with Gasteiger partial charge in [-0.3, -0.25) is 4.79 Å². The molecule has 1 heterocycles. The summed E-state index contributed by atoms with van der Waals surface area (Å²) in [6.07, 6.45) is 3.18. The van der Waals surface area contributed by atoms with Crippen LogP contribution in [0.2, 0.25) is 0 Å². The van der Waals surface area contributed by atoms with Gasteiger partial charge in [0.2, 0.25) is 12.5 Å². The maximum absolute atomic E-state index is 12.3. The Kier molecular flexibility index (Phi) is 5.95. The lowest BCUT2D eigenvalue weighted by Gasteiger charge is -2.07. The molecule has 0 atom stereocenters. The van der Waals surface area contributed by atoms with Crippen LogP contribution in [0.5, 0.6) is 17.2 Å². The van der Waals surface area contributed by atoms with E-state index < -0.39 is 5.91 Å². The van der Waals surface area contributed by atoms with E-state index in [9.17, 15) is 10.1 Å². The van der Waals surface area contributed by atoms with Gasteiger partial charge in [0.15, 0.2) is 11.5 Å². The van der Waals surface area contributed by atoms with Crippen molar-refractivity contribution >= 4 is 12.0 Å². The average Bonchev–Trinajstić information content (AvgIpc) is 3.18. The minimum absolute atomic E-state index is 0.0237. The molecule has 6 nitrogen and oxygen atoms in total. The molecule has 138 valence electrons. The van der Waals surface area contributed by atoms with Crippen molar-refractivity contribution in [3.05, 3.63) is 59.2 Å². The number of carbonyl (C=O) groups is 1. The Morgan fingerprint density at radius 1 is 1.30 bits per heavy atom. The third kappa shape index (κ3) is 4.59. The van der Waals surface area contributed by atoms with E-state index in [2.05, 4.69) is 17.4 Å². The van der Waals surface area contributed by atoms with Crippen molar-refractivity contribution in [2.45, 2.75) is 12.8 Å². The molecule has 0 aromatic heterocycles. The van der Waals surface area contributed by atoms with E-state index in [1.807, 2.05) is 24.3 Å². The van der Waals surface area contributed by atoms with Crippen molar-refractivity contribution in [2.24, 2.45) is 0 Å². The van der Waals surface area contributed by atoms with Gasteiger partial charge in [-0.1, -0.05) is 30.3 Å². The molecule has 0 unspecified atom stereocenters. The smallest absolute Gasteiger partial charge is 0.261 e. The summed E-state index contributed by atoms with van der Waals surface area (Å²) in [6.45, 7) is 0.614. The lowest BCUT2D eigenvalue weighted by Crippen LogP contribution is -2.25. The van der Waals surface area contributed by atoms with E-state index in [1.165, 1.54) is 18.7 Å². The highest BCUT2D eigenvalue weighted by Gasteiger charge is 2.20. The maximum Gasteiger partial charge on any atom is 0.261 e. The number of ether oxygens (including phenoxy) is 3. The first-order valence-corrected chi connectivity index (χ1v) is 8.63. The molecule has 0 saturated carbocycles. The standard InChI is InChI=1S/C21H20N2O4/c1-25-18-11-16(12-19-20(18)27-14-26-19)10-17(13-22)21(24)23-9-5-8-15-6-3-2-4-7-15/h2-4,6-7,10-12H,5,8-9,14H2,1H3,(H,23,24)/b17-10-. The van der Waals surface area contributed by atoms with E-state index in [-0.39, 0.29) is 12.4 Å². The van der Waals surface area contributed by atoms with Crippen LogP contribution >= 0.6 is 0 Å². The Bertz CT molecular complexity index is 885. The molecule has 27 heavy (non-hydrogen) atoms. The lowest BCUT2D eigenvalue weighted by atomic mass is 10.1. The highest BCUT2D eigenvalue weighted by Crippen LogP contribution is 2.42. The molecule has 6 heteroatoms. The van der Waals surface area contributed by atoms with Crippen LogP contribution in [-0.2, 0) is 11.2 Å². The number of nitrogens with zero attached hydrogens (tertiary/aromatic N) is 1. The van der Waals surface area contributed by atoms with Gasteiger partial charge < -0.3 is 19.5 Å². The third-order valence-electron chi connectivity index (χ3n) is 4.13. The number of amides is 1. The summed E-state index contributed by atoms with van der Waals surface area (Å²) in [6, 6.07) is 15.4. The molecule has 3 rings (SSSR count). The Morgan fingerprint density at radius 2 is 2.11 bits per heavy atom. The predicted octanol–water partition coefficient (Wildman–Crippen LogP) is 3.08. The monoisotopic (exact) mass is 364 g/mol. The molecule has 2 aromatic rings. The van der Waals surface area contributed by atoms with E-state index in [0.717, 1.165) is 12.8 Å². The first kappa shape index (κ1) is 18.3. The Balaban J connectivity index is 1.62. The molecule has 2 aromatic carbocycles. The summed E-state index contributed by atoms with van der Waals surface area (Å²) in [7, 11) is 1.52. The van der Waals surface area contributed by atoms with Crippen LogP contribution in [0.1, 0.15) is 17.5 Å². The van der Waals surface area contributed by atoms with Crippen LogP contribution in [0.4, 0.5) is 0 Å². The SMILES string of the molecule is COc1cc(/C=C(/C#N)C(=O)NCCCc2ccccc2)cc2c1OCO2. The van der Waals surface area contributed by atoms with E-state index >= 15 is 0 Å². The van der Waals surface area contributed by atoms with Crippen molar-refractivity contribution < 1.29 is 19.0 Å². The van der Waals surface area contributed by atoms with Gasteiger partial charge in [-0.15, -0.1) is 0 Å². The molecule has 1 aliphatic heterocycles. The zero-order chi connectivity index (χ0) is 19.1. The van der Waals surface area contributed by atoms with Crippen LogP contribution < -0.4 is 19.5 Å². The van der Waals surface area contributed by atoms with Gasteiger partial charge >= 0.3 is 0 Å². The minimum Gasteiger partial charge on any atom is -0.493 e. The fraction of sp³-hybridized carbons (Fsp3) is 0.238. The second kappa shape index (κ2) is 8.77. The van der Waals surface area contributed by atoms with Crippen molar-refractivity contribution in [1.82, 2.24) is 5.32 Å². The van der Waals surface area contributed by atoms with Crippen LogP contribution in [0.3, 0.4) is 0 Å². The number of benzene rings is 2. The van der Waals surface area contributed by atoms with Crippen molar-refractivity contribution in [3.8, 4) is 23.3 Å². The highest BCUT2D eigenvalue weighted by atomic mass is 16.7. The first-order chi connectivity index (χ1) is 13.2. The Hall–Kier alpha value is -3.46. The summed E-state index contributed by atoms with van der Waals surface area (Å²) >= 11 is 0. The van der Waals surface area contributed by atoms with E-state index in [4.69, 9.17) is 14.2 Å². The number of rotatable bonds is 7. The number of methoxy groups -OCH3 is 1. The summed E-state index contributed by atoms with van der Waals surface area (Å²) in [5.41, 5.74) is 1.87. The average molecular weight is 364 g/mol. The normalized spacial score (nSPS) is 12.4. The van der Waals surface area contributed by atoms with Gasteiger partial charge in [0.05, 0.1) is 7.11 Å². The molecule has 1 N–H and O–H groups in total. The van der Waals surface area contributed by atoms with Crippen molar-refractivity contribution in [2.75, 3.05) is 20.4 Å². The van der Waals surface area contributed by atoms with Gasteiger partial charge in [-0.05, 0) is 42.2 Å². The number of nitrogens with one attached hydrogen (secondary N) is 1. The largest absolute Gasteiger partial charge is 0.493 e. The quantitative estimate of drug-likeness (QED) is 0.464. The first-order valence-electron chi connectivity index (χ1n) is 8.63. The second-order valence-corrected chi connectivity index (χ2v) is 5.97. The van der Waals surface area contributed by atoms with Gasteiger partial charge in [0.25, 0.3) is 5.91 Å². The molecular formula is C21H20N2O4. The van der Waals surface area contributed by atoms with Crippen LogP contribution in [-0.4, -0.2) is 26.4 Å². The second-order valence-electron chi connectivity index (χ2n) is 5.97. The Morgan fingerprint density at radius 3 is 2.85 bits per heavy atom. The third-order valence-corrected chi connectivity index (χ3v) is 4.13. The number of hydrogen-bond acceptors (Lipinski definition) is 5. The molecule has 0 radical (unpaired) electrons. The molecule has 0 bridgehead atoms. The number of aryl methyl sites for hydroxylation is 1. The number of hydrogen-bond donors (Lipinski definition) is 1. The highest BCUT2D eigenvalue weighted by molar-refractivity contribution is 6.01. The molecular weight excluding hydrogens is 344 g/mol. The zero-order valence-corrected chi connectivity index (χ0v) is 15.0. The van der Waals surface area contributed by atoms with Gasteiger partial charge in [-0.2, -0.15) is 5.26 Å². The molecule has 1 amide bonds. The summed E-state index contributed by atoms with van der Waals surface area (Å²) in [5, 5.41) is 12.1. The van der Waals surface area contributed by atoms with Crippen LogP contribution in [0, 0.1) is 11.3 Å². The van der Waals surface area contributed by atoms with Gasteiger partial charge in [-0.25, -0.2) is 0 Å². The molecule has 0 saturated heterocycles. The van der Waals surface area contributed by atoms with Gasteiger partial charge in [0.1, 0.15) is 11.6 Å². The van der Waals surface area contributed by atoms with Crippen molar-refractivity contribution in [1.29, 1.82) is 5.26 Å². The fourth-order valence-electron chi connectivity index (χ4n) is 2.78. The summed E-state index contributed by atoms with van der Waals surface area (Å²) < 4.78 is 16.0. The van der Waals surface area contributed by atoms with Crippen LogP contribution in [0.15, 0.2) is 48.0 Å². The number of fused-ring (bicyclic) bond motifs is 1. The topological polar surface area (TPSA) is 80.6 Å². The molecule has 1 aliphatic rings. The lowest BCUT2D eigenvalue weighted by molar-refractivity contribution is -0.117. The Labute approximate surface area is 158 Å².